The highest BCUT2D eigenvalue weighted by molar-refractivity contribution is 6.34. The van der Waals surface area contributed by atoms with Crippen molar-refractivity contribution in [3.05, 3.63) is 82.9 Å². The molecule has 2 aromatic carbocycles. The average molecular weight is 444 g/mol. The van der Waals surface area contributed by atoms with Gasteiger partial charge < -0.3 is 10.0 Å². The molecule has 2 aromatic rings. The third-order valence-corrected chi connectivity index (χ3v) is 5.51. The van der Waals surface area contributed by atoms with E-state index in [9.17, 15) is 27.9 Å². The summed E-state index contributed by atoms with van der Waals surface area (Å²) in [5, 5.41) is 9.84. The van der Waals surface area contributed by atoms with Gasteiger partial charge in [-0.25, -0.2) is 13.2 Å². The lowest BCUT2D eigenvalue weighted by atomic mass is 9.85. The zero-order valence-corrected chi connectivity index (χ0v) is 17.5. The van der Waals surface area contributed by atoms with Crippen molar-refractivity contribution in [2.45, 2.75) is 31.2 Å². The molecule has 168 valence electrons. The topological polar surface area (TPSA) is 70.0 Å². The van der Waals surface area contributed by atoms with Crippen molar-refractivity contribution in [3.8, 4) is 0 Å². The standard InChI is InChI=1S/C24H23F3N2O3/c1-28-14-23(31)22(30)13-24(32)29-9-3-6-18(29)12-19(15-4-2-5-16(25)10-15)20-11-17(26)7-8-21(20)27/h2,4-5,7-8,10-11,13-14,18-19,30H,3,6,9,12H2,1H3/b22-13-,28-14-/t18-,19-/m1/s1. The van der Waals surface area contributed by atoms with Crippen LogP contribution in [0.4, 0.5) is 13.2 Å². The van der Waals surface area contributed by atoms with Crippen LogP contribution in [0.2, 0.25) is 0 Å². The zero-order valence-electron chi connectivity index (χ0n) is 17.5. The highest BCUT2D eigenvalue weighted by Crippen LogP contribution is 2.36. The van der Waals surface area contributed by atoms with Crippen LogP contribution in [0.1, 0.15) is 36.3 Å². The minimum Gasteiger partial charge on any atom is -0.504 e. The smallest absolute Gasteiger partial charge is 0.250 e. The number of benzene rings is 2. The minimum atomic E-state index is -0.795. The molecule has 2 atom stereocenters. The number of ketones is 1. The number of nitrogens with zero attached hydrogens (tertiary/aromatic N) is 2. The van der Waals surface area contributed by atoms with Gasteiger partial charge in [-0.15, -0.1) is 0 Å². The Morgan fingerprint density at radius 2 is 1.94 bits per heavy atom. The number of amides is 1. The first-order chi connectivity index (χ1) is 15.3. The molecule has 5 nitrogen and oxygen atoms in total. The molecule has 1 aliphatic heterocycles. The highest BCUT2D eigenvalue weighted by Gasteiger charge is 2.32. The number of likely N-dealkylation sites (tertiary alicyclic amines) is 1. The second-order valence-corrected chi connectivity index (χ2v) is 7.62. The fourth-order valence-electron chi connectivity index (χ4n) is 4.04. The van der Waals surface area contributed by atoms with E-state index in [1.807, 2.05) is 0 Å². The van der Waals surface area contributed by atoms with Gasteiger partial charge >= 0.3 is 0 Å². The fraction of sp³-hybridized carbons (Fsp3) is 0.292. The van der Waals surface area contributed by atoms with Crippen LogP contribution < -0.4 is 0 Å². The second kappa shape index (κ2) is 10.3. The van der Waals surface area contributed by atoms with Gasteiger partial charge in [0.15, 0.2) is 5.76 Å². The SMILES string of the molecule is C/N=C\C(=O)/C(O)=C/C(=O)N1CCC[C@@H]1C[C@H](c1cccc(F)c1)c1cc(F)ccc1F. The monoisotopic (exact) mass is 444 g/mol. The summed E-state index contributed by atoms with van der Waals surface area (Å²) < 4.78 is 42.5. The van der Waals surface area contributed by atoms with Crippen molar-refractivity contribution in [2.75, 3.05) is 13.6 Å². The van der Waals surface area contributed by atoms with E-state index in [1.54, 1.807) is 6.07 Å². The number of hydrogen-bond donors (Lipinski definition) is 1. The van der Waals surface area contributed by atoms with Crippen LogP contribution in [0.25, 0.3) is 0 Å². The predicted octanol–water partition coefficient (Wildman–Crippen LogP) is 4.33. The van der Waals surface area contributed by atoms with E-state index >= 15 is 0 Å². The third-order valence-electron chi connectivity index (χ3n) is 5.51. The van der Waals surface area contributed by atoms with Gasteiger partial charge in [0.25, 0.3) is 5.91 Å². The molecule has 0 aromatic heterocycles. The van der Waals surface area contributed by atoms with Crippen molar-refractivity contribution >= 4 is 17.9 Å². The Labute approximate surface area is 183 Å². The maximum absolute atomic E-state index is 14.6. The summed E-state index contributed by atoms with van der Waals surface area (Å²) in [5.74, 6) is -4.55. The molecular weight excluding hydrogens is 421 g/mol. The fourth-order valence-corrected chi connectivity index (χ4v) is 4.04. The van der Waals surface area contributed by atoms with Crippen LogP contribution in [0.15, 0.2) is 59.3 Å². The molecule has 0 radical (unpaired) electrons. The van der Waals surface area contributed by atoms with E-state index in [2.05, 4.69) is 4.99 Å². The maximum atomic E-state index is 14.6. The van der Waals surface area contributed by atoms with Crippen molar-refractivity contribution in [1.29, 1.82) is 0 Å². The predicted molar refractivity (Wildman–Crippen MR) is 114 cm³/mol. The summed E-state index contributed by atoms with van der Waals surface area (Å²) in [6.45, 7) is 0.380. The molecule has 0 unspecified atom stereocenters. The number of aliphatic imine (C=N–C) groups is 1. The number of halogens is 3. The largest absolute Gasteiger partial charge is 0.504 e. The average Bonchev–Trinajstić information content (AvgIpc) is 3.22. The molecule has 0 spiro atoms. The van der Waals surface area contributed by atoms with Crippen LogP contribution in [0.3, 0.4) is 0 Å². The van der Waals surface area contributed by atoms with Crippen LogP contribution in [0, 0.1) is 17.5 Å². The normalized spacial score (nSPS) is 17.7. The van der Waals surface area contributed by atoms with Crippen LogP contribution in [-0.2, 0) is 9.59 Å². The molecule has 1 heterocycles. The summed E-state index contributed by atoms with van der Waals surface area (Å²) in [4.78, 5) is 29.4. The van der Waals surface area contributed by atoms with Gasteiger partial charge in [-0.3, -0.25) is 14.6 Å². The Hall–Kier alpha value is -3.42. The number of aliphatic hydroxyl groups is 1. The van der Waals surface area contributed by atoms with Crippen molar-refractivity contribution in [2.24, 2.45) is 4.99 Å². The summed E-state index contributed by atoms with van der Waals surface area (Å²) in [5.41, 5.74) is 0.532. The van der Waals surface area contributed by atoms with Crippen LogP contribution >= 0.6 is 0 Å². The summed E-state index contributed by atoms with van der Waals surface area (Å²) in [7, 11) is 1.36. The van der Waals surface area contributed by atoms with Gasteiger partial charge in [-0.05, 0) is 60.7 Å². The molecule has 1 fully saturated rings. The maximum Gasteiger partial charge on any atom is 0.250 e. The van der Waals surface area contributed by atoms with Gasteiger partial charge in [0, 0.05) is 31.6 Å². The Balaban J connectivity index is 1.91. The van der Waals surface area contributed by atoms with E-state index in [4.69, 9.17) is 0 Å². The van der Waals surface area contributed by atoms with Gasteiger partial charge in [0.1, 0.15) is 17.5 Å². The number of hydrogen-bond acceptors (Lipinski definition) is 4. The summed E-state index contributed by atoms with van der Waals surface area (Å²) in [6.07, 6.45) is 3.20. The quantitative estimate of drug-likeness (QED) is 0.393. The lowest BCUT2D eigenvalue weighted by Crippen LogP contribution is -2.36. The summed E-state index contributed by atoms with van der Waals surface area (Å²) in [6, 6.07) is 8.40. The Morgan fingerprint density at radius 1 is 1.19 bits per heavy atom. The van der Waals surface area contributed by atoms with Crippen LogP contribution in [0.5, 0.6) is 0 Å². The van der Waals surface area contributed by atoms with E-state index in [0.717, 1.165) is 30.5 Å². The number of carbonyl (C=O) groups excluding carboxylic acids is 2. The van der Waals surface area contributed by atoms with Crippen molar-refractivity contribution in [1.82, 2.24) is 4.90 Å². The number of aliphatic hydroxyl groups excluding tert-OH is 1. The summed E-state index contributed by atoms with van der Waals surface area (Å²) >= 11 is 0. The van der Waals surface area contributed by atoms with Gasteiger partial charge in [-0.1, -0.05) is 12.1 Å². The van der Waals surface area contributed by atoms with Gasteiger partial charge in [-0.2, -0.15) is 0 Å². The highest BCUT2D eigenvalue weighted by atomic mass is 19.1. The molecule has 1 N–H and O–H groups in total. The molecule has 0 aliphatic carbocycles. The lowest BCUT2D eigenvalue weighted by molar-refractivity contribution is -0.127. The second-order valence-electron chi connectivity index (χ2n) is 7.62. The number of allylic oxidation sites excluding steroid dienone is 1. The zero-order chi connectivity index (χ0) is 23.3. The first-order valence-corrected chi connectivity index (χ1v) is 10.2. The first kappa shape index (κ1) is 23.2. The van der Waals surface area contributed by atoms with Crippen molar-refractivity contribution < 1.29 is 27.9 Å². The van der Waals surface area contributed by atoms with Crippen molar-refractivity contribution in [3.63, 3.8) is 0 Å². The molecule has 3 rings (SSSR count). The molecule has 0 saturated carbocycles. The van der Waals surface area contributed by atoms with Gasteiger partial charge in [0.05, 0.1) is 6.21 Å². The molecule has 32 heavy (non-hydrogen) atoms. The Morgan fingerprint density at radius 3 is 2.66 bits per heavy atom. The van der Waals surface area contributed by atoms with E-state index in [1.165, 1.54) is 30.1 Å². The molecule has 1 amide bonds. The minimum absolute atomic E-state index is 0.0719. The lowest BCUT2D eigenvalue weighted by Gasteiger charge is -2.28. The molecule has 8 heteroatoms. The van der Waals surface area contributed by atoms with E-state index in [0.29, 0.717) is 24.9 Å². The van der Waals surface area contributed by atoms with Crippen LogP contribution in [-0.4, -0.2) is 47.5 Å². The Bertz CT molecular complexity index is 1070. The van der Waals surface area contributed by atoms with E-state index in [-0.39, 0.29) is 18.0 Å². The molecular formula is C24H23F3N2O3. The molecule has 0 bridgehead atoms. The molecule has 1 aliphatic rings. The van der Waals surface area contributed by atoms with E-state index < -0.39 is 40.8 Å². The first-order valence-electron chi connectivity index (χ1n) is 10.2. The number of Topliss-reactive ketones (excluding diaryl/α,β-unsaturated/α-hetero) is 1. The third kappa shape index (κ3) is 5.43. The number of rotatable bonds is 7. The molecule has 1 saturated heterocycles. The Kier molecular flexibility index (Phi) is 7.45. The number of carbonyl (C=O) groups is 2. The van der Waals surface area contributed by atoms with Gasteiger partial charge in [0.2, 0.25) is 5.78 Å².